The van der Waals surface area contributed by atoms with Crippen LogP contribution in [0, 0.1) is 5.92 Å². The smallest absolute Gasteiger partial charge is 0.248 e. The lowest BCUT2D eigenvalue weighted by Crippen LogP contribution is -2.14. The zero-order chi connectivity index (χ0) is 13.5. The molecular weight excluding hydrogens is 320 g/mol. The van der Waals surface area contributed by atoms with Gasteiger partial charge in [0.15, 0.2) is 11.4 Å². The standard InChI is InChI=1S/C12H12BrF2N3O/c13-11-16-10-9(2-1-5-18(10)17-11)19-7-8-3-4-12(14,15)6-8/h1-2,5,8H,3-4,6-7H2. The molecule has 1 fully saturated rings. The van der Waals surface area contributed by atoms with Crippen molar-refractivity contribution in [1.29, 1.82) is 0 Å². The highest BCUT2D eigenvalue weighted by molar-refractivity contribution is 9.10. The number of ether oxygens (including phenoxy) is 1. The van der Waals surface area contributed by atoms with E-state index in [2.05, 4.69) is 26.0 Å². The minimum absolute atomic E-state index is 0.0400. The number of aromatic nitrogens is 3. The fourth-order valence-electron chi connectivity index (χ4n) is 2.36. The number of hydrogen-bond donors (Lipinski definition) is 0. The van der Waals surface area contributed by atoms with Gasteiger partial charge in [-0.25, -0.2) is 13.3 Å². The van der Waals surface area contributed by atoms with Crippen LogP contribution in [0.25, 0.3) is 5.65 Å². The molecule has 1 aliphatic rings. The van der Waals surface area contributed by atoms with Crippen LogP contribution in [0.2, 0.25) is 0 Å². The minimum atomic E-state index is -2.53. The number of alkyl halides is 2. The van der Waals surface area contributed by atoms with Crippen molar-refractivity contribution in [3.8, 4) is 5.75 Å². The maximum absolute atomic E-state index is 13.1. The van der Waals surface area contributed by atoms with Gasteiger partial charge in [0.05, 0.1) is 6.61 Å². The van der Waals surface area contributed by atoms with E-state index in [-0.39, 0.29) is 18.8 Å². The van der Waals surface area contributed by atoms with E-state index in [4.69, 9.17) is 4.74 Å². The van der Waals surface area contributed by atoms with Crippen LogP contribution in [0.3, 0.4) is 0 Å². The van der Waals surface area contributed by atoms with E-state index >= 15 is 0 Å². The Hall–Kier alpha value is -1.24. The van der Waals surface area contributed by atoms with Crippen LogP contribution < -0.4 is 4.74 Å². The Morgan fingerprint density at radius 3 is 3.11 bits per heavy atom. The van der Waals surface area contributed by atoms with Gasteiger partial charge < -0.3 is 4.74 Å². The zero-order valence-electron chi connectivity index (χ0n) is 10.0. The third-order valence-electron chi connectivity index (χ3n) is 3.28. The number of halogens is 3. The van der Waals surface area contributed by atoms with Crippen molar-refractivity contribution < 1.29 is 13.5 Å². The molecule has 3 rings (SSSR count). The van der Waals surface area contributed by atoms with Gasteiger partial charge >= 0.3 is 0 Å². The lowest BCUT2D eigenvalue weighted by Gasteiger charge is -2.12. The molecule has 2 heterocycles. The highest BCUT2D eigenvalue weighted by Gasteiger charge is 2.39. The highest BCUT2D eigenvalue weighted by Crippen LogP contribution is 2.39. The first-order valence-electron chi connectivity index (χ1n) is 6.05. The maximum Gasteiger partial charge on any atom is 0.248 e. The number of hydrogen-bond acceptors (Lipinski definition) is 3. The van der Waals surface area contributed by atoms with E-state index in [1.807, 2.05) is 0 Å². The first kappa shape index (κ1) is 12.8. The van der Waals surface area contributed by atoms with Crippen molar-refractivity contribution >= 4 is 21.6 Å². The number of nitrogens with zero attached hydrogens (tertiary/aromatic N) is 3. The summed E-state index contributed by atoms with van der Waals surface area (Å²) in [5.74, 6) is -2.06. The molecule has 1 saturated carbocycles. The van der Waals surface area contributed by atoms with E-state index in [9.17, 15) is 8.78 Å². The molecule has 2 aromatic rings. The Morgan fingerprint density at radius 1 is 1.53 bits per heavy atom. The topological polar surface area (TPSA) is 39.4 Å². The lowest BCUT2D eigenvalue weighted by molar-refractivity contribution is 0.00294. The first-order valence-corrected chi connectivity index (χ1v) is 6.84. The summed E-state index contributed by atoms with van der Waals surface area (Å²) in [6, 6.07) is 3.55. The molecule has 1 aliphatic carbocycles. The number of pyridine rings is 1. The maximum atomic E-state index is 13.1. The summed E-state index contributed by atoms with van der Waals surface area (Å²) < 4.78 is 33.9. The molecule has 19 heavy (non-hydrogen) atoms. The largest absolute Gasteiger partial charge is 0.489 e. The Bertz CT molecular complexity index is 602. The summed E-state index contributed by atoms with van der Waals surface area (Å²) in [5.41, 5.74) is 0.583. The van der Waals surface area contributed by atoms with Crippen molar-refractivity contribution in [3.05, 3.63) is 23.1 Å². The van der Waals surface area contributed by atoms with E-state index in [1.165, 1.54) is 0 Å². The van der Waals surface area contributed by atoms with Gasteiger partial charge in [-0.3, -0.25) is 0 Å². The van der Waals surface area contributed by atoms with E-state index in [1.54, 1.807) is 22.8 Å². The first-order chi connectivity index (χ1) is 9.03. The summed E-state index contributed by atoms with van der Waals surface area (Å²) in [6.45, 7) is 0.291. The van der Waals surface area contributed by atoms with Crippen LogP contribution in [-0.4, -0.2) is 27.1 Å². The van der Waals surface area contributed by atoms with Gasteiger partial charge in [0.25, 0.3) is 0 Å². The van der Waals surface area contributed by atoms with E-state index in [0.29, 0.717) is 29.2 Å². The Balaban J connectivity index is 1.72. The Labute approximate surface area is 116 Å². The monoisotopic (exact) mass is 331 g/mol. The predicted octanol–water partition coefficient (Wildman–Crippen LogP) is 3.31. The van der Waals surface area contributed by atoms with Crippen LogP contribution >= 0.6 is 15.9 Å². The summed E-state index contributed by atoms with van der Waals surface area (Å²) in [7, 11) is 0. The molecule has 7 heteroatoms. The summed E-state index contributed by atoms with van der Waals surface area (Å²) >= 11 is 3.19. The van der Waals surface area contributed by atoms with E-state index < -0.39 is 5.92 Å². The number of fused-ring (bicyclic) bond motifs is 1. The van der Waals surface area contributed by atoms with Crippen molar-refractivity contribution in [2.24, 2.45) is 5.92 Å². The Morgan fingerprint density at radius 2 is 2.37 bits per heavy atom. The van der Waals surface area contributed by atoms with Gasteiger partial charge in [-0.15, -0.1) is 5.10 Å². The second kappa shape index (κ2) is 4.70. The fourth-order valence-corrected chi connectivity index (χ4v) is 2.70. The molecule has 4 nitrogen and oxygen atoms in total. The number of rotatable bonds is 3. The van der Waals surface area contributed by atoms with Gasteiger partial charge in [0, 0.05) is 19.0 Å². The van der Waals surface area contributed by atoms with Crippen molar-refractivity contribution in [2.45, 2.75) is 25.2 Å². The van der Waals surface area contributed by atoms with Crippen LogP contribution in [0.5, 0.6) is 5.75 Å². The minimum Gasteiger partial charge on any atom is -0.489 e. The molecule has 1 unspecified atom stereocenters. The molecule has 0 aliphatic heterocycles. The van der Waals surface area contributed by atoms with Gasteiger partial charge in [0.2, 0.25) is 10.7 Å². The molecule has 102 valence electrons. The zero-order valence-corrected chi connectivity index (χ0v) is 11.6. The average Bonchev–Trinajstić information content (AvgIpc) is 2.88. The SMILES string of the molecule is FC1(F)CCC(COc2cccn3nc(Br)nc23)C1. The summed E-state index contributed by atoms with van der Waals surface area (Å²) in [6.07, 6.45) is 2.13. The third kappa shape index (κ3) is 2.70. The average molecular weight is 332 g/mol. The molecule has 0 spiro atoms. The van der Waals surface area contributed by atoms with E-state index in [0.717, 1.165) is 0 Å². The normalized spacial score (nSPS) is 21.9. The molecule has 0 bridgehead atoms. The summed E-state index contributed by atoms with van der Waals surface area (Å²) in [4.78, 5) is 4.18. The molecule has 2 aromatic heterocycles. The second-order valence-electron chi connectivity index (χ2n) is 4.80. The van der Waals surface area contributed by atoms with Gasteiger partial charge in [-0.2, -0.15) is 4.98 Å². The molecule has 0 aromatic carbocycles. The highest BCUT2D eigenvalue weighted by atomic mass is 79.9. The Kier molecular flexibility index (Phi) is 3.16. The molecule has 0 N–H and O–H groups in total. The van der Waals surface area contributed by atoms with Crippen LogP contribution in [0.15, 0.2) is 23.1 Å². The van der Waals surface area contributed by atoms with Crippen molar-refractivity contribution in [2.75, 3.05) is 6.61 Å². The van der Waals surface area contributed by atoms with Crippen LogP contribution in [0.4, 0.5) is 8.78 Å². The quantitative estimate of drug-likeness (QED) is 0.866. The molecular formula is C12H12BrF2N3O. The molecule has 0 saturated heterocycles. The molecule has 0 amide bonds. The predicted molar refractivity (Wildman–Crippen MR) is 68.5 cm³/mol. The molecule has 0 radical (unpaired) electrons. The second-order valence-corrected chi connectivity index (χ2v) is 5.51. The summed E-state index contributed by atoms with van der Waals surface area (Å²) in [5, 5.41) is 4.10. The lowest BCUT2D eigenvalue weighted by atomic mass is 10.1. The van der Waals surface area contributed by atoms with Crippen molar-refractivity contribution in [1.82, 2.24) is 14.6 Å². The van der Waals surface area contributed by atoms with Crippen LogP contribution in [0.1, 0.15) is 19.3 Å². The van der Waals surface area contributed by atoms with Gasteiger partial charge in [-0.05, 0) is 40.4 Å². The van der Waals surface area contributed by atoms with Gasteiger partial charge in [0.1, 0.15) is 0 Å². The third-order valence-corrected chi connectivity index (χ3v) is 3.62. The van der Waals surface area contributed by atoms with Crippen molar-refractivity contribution in [3.63, 3.8) is 0 Å². The van der Waals surface area contributed by atoms with Crippen LogP contribution in [-0.2, 0) is 0 Å². The fraction of sp³-hybridized carbons (Fsp3) is 0.500. The van der Waals surface area contributed by atoms with Gasteiger partial charge in [-0.1, -0.05) is 0 Å². The molecule has 1 atom stereocenters.